The fourth-order valence-electron chi connectivity index (χ4n) is 2.47. The van der Waals surface area contributed by atoms with Gasteiger partial charge in [0.2, 0.25) is 0 Å². The summed E-state index contributed by atoms with van der Waals surface area (Å²) < 4.78 is 24.5. The molecule has 0 saturated carbocycles. The molecule has 1 aromatic carbocycles. The number of imidazole rings is 1. The Morgan fingerprint density at radius 1 is 1.17 bits per heavy atom. The van der Waals surface area contributed by atoms with Crippen LogP contribution in [-0.4, -0.2) is 28.5 Å². The Balaban J connectivity index is 1.96. The summed E-state index contributed by atoms with van der Waals surface area (Å²) in [6.07, 6.45) is 1.62. The molecule has 3 aromatic heterocycles. The van der Waals surface area contributed by atoms with Crippen LogP contribution in [0.5, 0.6) is 0 Å². The Bertz CT molecular complexity index is 978. The van der Waals surface area contributed by atoms with Gasteiger partial charge in [-0.3, -0.25) is 0 Å². The van der Waals surface area contributed by atoms with E-state index in [9.17, 15) is 4.39 Å². The van der Waals surface area contributed by atoms with Crippen molar-refractivity contribution >= 4 is 22.8 Å². The van der Waals surface area contributed by atoms with Crippen molar-refractivity contribution in [2.24, 2.45) is 0 Å². The van der Waals surface area contributed by atoms with Gasteiger partial charge in [-0.05, 0) is 31.2 Å². The second kappa shape index (κ2) is 5.47. The smallest absolute Gasteiger partial charge is 0.163 e. The maximum Gasteiger partial charge on any atom is 0.163 e. The standard InChI is InChI=1S/C15H11FN6S/c1-9-13(21-23-20-9)15-18-14-11(16)5-2-6-12(14)22(15)8-10-4-3-7-17-19-10/h2-7H,8H2,1H3. The third-order valence-electron chi connectivity index (χ3n) is 3.54. The summed E-state index contributed by atoms with van der Waals surface area (Å²) in [4.78, 5) is 4.46. The molecular weight excluding hydrogens is 315 g/mol. The third-order valence-corrected chi connectivity index (χ3v) is 4.16. The van der Waals surface area contributed by atoms with Crippen LogP contribution in [0.4, 0.5) is 4.39 Å². The molecule has 8 heteroatoms. The Morgan fingerprint density at radius 2 is 2.09 bits per heavy atom. The van der Waals surface area contributed by atoms with E-state index in [1.54, 1.807) is 12.3 Å². The number of nitrogens with zero attached hydrogens (tertiary/aromatic N) is 6. The molecule has 0 aliphatic rings. The van der Waals surface area contributed by atoms with Gasteiger partial charge in [-0.25, -0.2) is 9.37 Å². The molecule has 0 atom stereocenters. The summed E-state index contributed by atoms with van der Waals surface area (Å²) in [6, 6.07) is 8.59. The van der Waals surface area contributed by atoms with Gasteiger partial charge < -0.3 is 4.57 Å². The molecule has 0 unspecified atom stereocenters. The van der Waals surface area contributed by atoms with Crippen molar-refractivity contribution in [2.45, 2.75) is 13.5 Å². The van der Waals surface area contributed by atoms with Gasteiger partial charge >= 0.3 is 0 Å². The van der Waals surface area contributed by atoms with Crippen LogP contribution in [-0.2, 0) is 6.54 Å². The number of hydrogen-bond donors (Lipinski definition) is 0. The van der Waals surface area contributed by atoms with Gasteiger partial charge in [-0.2, -0.15) is 18.9 Å². The second-order valence-corrected chi connectivity index (χ2v) is 5.57. The van der Waals surface area contributed by atoms with Crippen LogP contribution >= 0.6 is 11.7 Å². The van der Waals surface area contributed by atoms with Crippen molar-refractivity contribution in [2.75, 3.05) is 0 Å². The molecule has 0 spiro atoms. The molecule has 4 rings (SSSR count). The van der Waals surface area contributed by atoms with E-state index in [0.29, 0.717) is 29.1 Å². The number of aromatic nitrogens is 6. The van der Waals surface area contributed by atoms with Crippen molar-refractivity contribution < 1.29 is 4.39 Å². The SMILES string of the molecule is Cc1nsnc1-c1nc2c(F)cccc2n1Cc1cccnn1. The molecule has 0 bridgehead atoms. The molecule has 0 aliphatic carbocycles. The molecule has 114 valence electrons. The fraction of sp³-hybridized carbons (Fsp3) is 0.133. The van der Waals surface area contributed by atoms with E-state index < -0.39 is 0 Å². The summed E-state index contributed by atoms with van der Waals surface area (Å²) in [6.45, 7) is 2.29. The number of para-hydroxylation sites is 1. The molecule has 23 heavy (non-hydrogen) atoms. The first kappa shape index (κ1) is 13.9. The van der Waals surface area contributed by atoms with Crippen LogP contribution in [0.2, 0.25) is 0 Å². The maximum absolute atomic E-state index is 14.1. The lowest BCUT2D eigenvalue weighted by atomic mass is 10.3. The average Bonchev–Trinajstić information content (AvgIpc) is 3.13. The summed E-state index contributed by atoms with van der Waals surface area (Å²) in [5.41, 5.74) is 3.20. The first-order valence-electron chi connectivity index (χ1n) is 6.95. The first-order valence-corrected chi connectivity index (χ1v) is 7.68. The lowest BCUT2D eigenvalue weighted by Gasteiger charge is -2.07. The number of hydrogen-bond acceptors (Lipinski definition) is 6. The van der Waals surface area contributed by atoms with Gasteiger partial charge in [-0.1, -0.05) is 6.07 Å². The molecule has 0 fully saturated rings. The Labute approximate surface area is 135 Å². The zero-order valence-electron chi connectivity index (χ0n) is 12.1. The number of benzene rings is 1. The van der Waals surface area contributed by atoms with Crippen LogP contribution in [0.15, 0.2) is 36.5 Å². The molecule has 0 aliphatic heterocycles. The third kappa shape index (κ3) is 2.36. The maximum atomic E-state index is 14.1. The first-order chi connectivity index (χ1) is 11.2. The van der Waals surface area contributed by atoms with E-state index in [0.717, 1.165) is 23.1 Å². The topological polar surface area (TPSA) is 69.4 Å². The quantitative estimate of drug-likeness (QED) is 0.579. The predicted molar refractivity (Wildman–Crippen MR) is 84.5 cm³/mol. The van der Waals surface area contributed by atoms with Crippen molar-refractivity contribution in [3.63, 3.8) is 0 Å². The number of halogens is 1. The van der Waals surface area contributed by atoms with Gasteiger partial charge in [-0.15, -0.1) is 0 Å². The van der Waals surface area contributed by atoms with Crippen molar-refractivity contribution in [1.82, 2.24) is 28.5 Å². The monoisotopic (exact) mass is 326 g/mol. The van der Waals surface area contributed by atoms with E-state index in [-0.39, 0.29) is 5.82 Å². The van der Waals surface area contributed by atoms with E-state index in [2.05, 4.69) is 23.9 Å². The van der Waals surface area contributed by atoms with Gasteiger partial charge in [0, 0.05) is 6.20 Å². The Hall–Kier alpha value is -2.74. The van der Waals surface area contributed by atoms with Crippen molar-refractivity contribution in [3.05, 3.63) is 53.7 Å². The fourth-order valence-corrected chi connectivity index (χ4v) is 3.01. The number of aryl methyl sites for hydroxylation is 1. The molecule has 0 saturated heterocycles. The van der Waals surface area contributed by atoms with Crippen LogP contribution in [0.25, 0.3) is 22.6 Å². The van der Waals surface area contributed by atoms with Crippen molar-refractivity contribution in [3.8, 4) is 11.5 Å². The molecular formula is C15H11FN6S. The number of fused-ring (bicyclic) bond motifs is 1. The van der Waals surface area contributed by atoms with Gasteiger partial charge in [0.15, 0.2) is 11.6 Å². The lowest BCUT2D eigenvalue weighted by Crippen LogP contribution is -2.05. The van der Waals surface area contributed by atoms with Gasteiger partial charge in [0.05, 0.1) is 35.2 Å². The zero-order chi connectivity index (χ0) is 15.8. The second-order valence-electron chi connectivity index (χ2n) is 5.04. The van der Waals surface area contributed by atoms with Crippen molar-refractivity contribution in [1.29, 1.82) is 0 Å². The van der Waals surface area contributed by atoms with Gasteiger partial charge in [0.1, 0.15) is 11.2 Å². The van der Waals surface area contributed by atoms with Crippen LogP contribution in [0.3, 0.4) is 0 Å². The average molecular weight is 326 g/mol. The molecule has 6 nitrogen and oxygen atoms in total. The minimum atomic E-state index is -0.359. The number of rotatable bonds is 3. The highest BCUT2D eigenvalue weighted by Crippen LogP contribution is 2.27. The van der Waals surface area contributed by atoms with E-state index in [1.165, 1.54) is 6.07 Å². The van der Waals surface area contributed by atoms with Crippen LogP contribution in [0, 0.1) is 12.7 Å². The lowest BCUT2D eigenvalue weighted by molar-refractivity contribution is 0.637. The van der Waals surface area contributed by atoms with E-state index in [1.807, 2.05) is 29.7 Å². The summed E-state index contributed by atoms with van der Waals surface area (Å²) in [5, 5.41) is 7.99. The predicted octanol–water partition coefficient (Wildman–Crippen LogP) is 2.84. The molecule has 0 radical (unpaired) electrons. The van der Waals surface area contributed by atoms with E-state index in [4.69, 9.17) is 0 Å². The normalized spacial score (nSPS) is 11.2. The zero-order valence-corrected chi connectivity index (χ0v) is 13.0. The highest BCUT2D eigenvalue weighted by molar-refractivity contribution is 6.99. The summed E-state index contributed by atoms with van der Waals surface area (Å²) >= 11 is 1.12. The molecule has 3 heterocycles. The molecule has 0 amide bonds. The summed E-state index contributed by atoms with van der Waals surface area (Å²) in [5.74, 6) is 0.226. The Morgan fingerprint density at radius 3 is 2.83 bits per heavy atom. The summed E-state index contributed by atoms with van der Waals surface area (Å²) in [7, 11) is 0. The minimum Gasteiger partial charge on any atom is -0.316 e. The van der Waals surface area contributed by atoms with Gasteiger partial charge in [0.25, 0.3) is 0 Å². The van der Waals surface area contributed by atoms with Crippen LogP contribution < -0.4 is 0 Å². The Kier molecular flexibility index (Phi) is 3.30. The molecule has 4 aromatic rings. The highest BCUT2D eigenvalue weighted by atomic mass is 32.1. The highest BCUT2D eigenvalue weighted by Gasteiger charge is 2.19. The van der Waals surface area contributed by atoms with Crippen LogP contribution in [0.1, 0.15) is 11.4 Å². The largest absolute Gasteiger partial charge is 0.316 e. The minimum absolute atomic E-state index is 0.318. The van der Waals surface area contributed by atoms with E-state index >= 15 is 0 Å². The molecule has 0 N–H and O–H groups in total.